The van der Waals surface area contributed by atoms with Gasteiger partial charge in [0.15, 0.2) is 0 Å². The van der Waals surface area contributed by atoms with Crippen LogP contribution in [0.3, 0.4) is 0 Å². The van der Waals surface area contributed by atoms with Crippen LogP contribution in [-0.2, 0) is 21.1 Å². The first-order chi connectivity index (χ1) is 17.6. The average Bonchev–Trinajstić information content (AvgIpc) is 3.54. The van der Waals surface area contributed by atoms with E-state index in [1.54, 1.807) is 0 Å². The predicted molar refractivity (Wildman–Crippen MR) is 179 cm³/mol. The fourth-order valence-corrected chi connectivity index (χ4v) is 14.9. The highest BCUT2D eigenvalue weighted by atomic mass is 32.2. The lowest BCUT2D eigenvalue weighted by atomic mass is 10.2. The summed E-state index contributed by atoms with van der Waals surface area (Å²) < 4.78 is 1.35. The Kier molecular flexibility index (Phi) is 15.9. The summed E-state index contributed by atoms with van der Waals surface area (Å²) in [6, 6.07) is 9.19. The van der Waals surface area contributed by atoms with Crippen LogP contribution in [0.1, 0.15) is 24.0 Å². The van der Waals surface area contributed by atoms with Gasteiger partial charge < -0.3 is 0 Å². The summed E-state index contributed by atoms with van der Waals surface area (Å²) in [5.74, 6) is 8.75. The van der Waals surface area contributed by atoms with Gasteiger partial charge in [0, 0.05) is 56.5 Å². The van der Waals surface area contributed by atoms with Crippen molar-refractivity contribution in [3.8, 4) is 0 Å². The van der Waals surface area contributed by atoms with Crippen LogP contribution in [0.15, 0.2) is 49.6 Å². The van der Waals surface area contributed by atoms with E-state index in [4.69, 9.17) is 0 Å². The highest BCUT2D eigenvalue weighted by Crippen LogP contribution is 2.42. The zero-order chi connectivity index (χ0) is 25.6. The molecule has 2 fully saturated rings. The van der Waals surface area contributed by atoms with Crippen molar-refractivity contribution >= 4 is 104 Å². The maximum absolute atomic E-state index is 11.3. The van der Waals surface area contributed by atoms with Crippen molar-refractivity contribution in [1.29, 1.82) is 0 Å². The lowest BCUT2D eigenvalue weighted by Crippen LogP contribution is -2.04. The largest absolute Gasteiger partial charge is 0.282 e. The predicted octanol–water partition coefficient (Wildman–Crippen LogP) is 8.17. The number of rotatable bonds is 16. The van der Waals surface area contributed by atoms with E-state index < -0.39 is 0 Å². The van der Waals surface area contributed by atoms with Crippen LogP contribution in [-0.4, -0.2) is 64.4 Å². The van der Waals surface area contributed by atoms with Gasteiger partial charge in [0.05, 0.1) is 9.16 Å². The molecule has 10 heteroatoms. The minimum Gasteiger partial charge on any atom is -0.282 e. The molecule has 0 bridgehead atoms. The number of carbonyl (C=O) groups excluding carboxylic acids is 2. The molecule has 2 heterocycles. The maximum Gasteiger partial charge on any atom is 0.211 e. The van der Waals surface area contributed by atoms with Crippen LogP contribution in [0.25, 0.3) is 0 Å². The first kappa shape index (κ1) is 31.4. The average molecular weight is 635 g/mol. The summed E-state index contributed by atoms with van der Waals surface area (Å²) in [6.07, 6.45) is 5.04. The minimum atomic E-state index is 0.0909. The lowest BCUT2D eigenvalue weighted by Gasteiger charge is -2.11. The summed E-state index contributed by atoms with van der Waals surface area (Å²) in [5, 5.41) is 1.55. The second kappa shape index (κ2) is 18.2. The van der Waals surface area contributed by atoms with Gasteiger partial charge in [-0.3, -0.25) is 9.59 Å². The summed E-state index contributed by atoms with van der Waals surface area (Å²) >= 11 is 15.2. The molecule has 0 spiro atoms. The van der Waals surface area contributed by atoms with Crippen molar-refractivity contribution in [3.05, 3.63) is 60.7 Å². The molecule has 4 atom stereocenters. The normalized spacial score (nSPS) is 23.6. The monoisotopic (exact) mass is 634 g/mol. The zero-order valence-corrected chi connectivity index (χ0v) is 26.9. The molecule has 0 saturated carbocycles. The Bertz CT molecular complexity index is 778. The molecule has 2 saturated heterocycles. The third-order valence-electron chi connectivity index (χ3n) is 5.39. The van der Waals surface area contributed by atoms with E-state index >= 15 is 0 Å². The molecule has 4 unspecified atom stereocenters. The van der Waals surface area contributed by atoms with Gasteiger partial charge in [-0.1, -0.05) is 60.9 Å². The van der Waals surface area contributed by atoms with Crippen LogP contribution in [0, 0.1) is 0 Å². The van der Waals surface area contributed by atoms with Crippen LogP contribution in [0.5, 0.6) is 0 Å². The Morgan fingerprint density at radius 2 is 1.19 bits per heavy atom. The smallest absolute Gasteiger partial charge is 0.211 e. The SMILES string of the molecule is C=CC(=O)SCCC1CSC(CSCc2ccc(CSCC3SCC(CCSC(=O)C=C)S3)cc2)S1. The standard InChI is InChI=1S/C26H34O2S8/c1-3-23(27)31-11-9-21-15-33-25(35-21)17-29-13-19-5-7-20(8-6-19)14-30-18-26-34-16-22(36-26)10-12-32-24(28)4-2/h3-8,21-22,25-26H,1-2,9-18H2. The number of thioether (sulfide) groups is 8. The Labute approximate surface area is 251 Å². The molecule has 2 aliphatic heterocycles. The van der Waals surface area contributed by atoms with Crippen LogP contribution in [0.4, 0.5) is 0 Å². The fraction of sp³-hybridized carbons (Fsp3) is 0.538. The molecule has 0 aromatic heterocycles. The van der Waals surface area contributed by atoms with Crippen molar-refractivity contribution in [2.24, 2.45) is 0 Å². The molecule has 3 rings (SSSR count). The van der Waals surface area contributed by atoms with Gasteiger partial charge in [-0.25, -0.2) is 0 Å². The Morgan fingerprint density at radius 1 is 0.778 bits per heavy atom. The van der Waals surface area contributed by atoms with Gasteiger partial charge >= 0.3 is 0 Å². The molecular weight excluding hydrogens is 601 g/mol. The summed E-state index contributed by atoms with van der Waals surface area (Å²) in [5.41, 5.74) is 2.82. The van der Waals surface area contributed by atoms with Crippen molar-refractivity contribution in [2.75, 3.05) is 34.5 Å². The molecule has 1 aromatic rings. The number of hydrogen-bond acceptors (Lipinski definition) is 10. The van der Waals surface area contributed by atoms with Crippen LogP contribution in [0.2, 0.25) is 0 Å². The maximum atomic E-state index is 11.3. The molecule has 2 aliphatic rings. The molecule has 0 N–H and O–H groups in total. The van der Waals surface area contributed by atoms with E-state index in [-0.39, 0.29) is 10.2 Å². The third kappa shape index (κ3) is 12.3. The van der Waals surface area contributed by atoms with Gasteiger partial charge in [-0.05, 0) is 36.1 Å². The van der Waals surface area contributed by atoms with E-state index in [9.17, 15) is 9.59 Å². The van der Waals surface area contributed by atoms with Gasteiger partial charge in [-0.15, -0.1) is 47.0 Å². The van der Waals surface area contributed by atoms with E-state index in [1.165, 1.54) is 69.8 Å². The zero-order valence-electron chi connectivity index (χ0n) is 20.3. The van der Waals surface area contributed by atoms with E-state index in [2.05, 4.69) is 84.5 Å². The third-order valence-corrected chi connectivity index (χ3v) is 16.9. The molecular formula is C26H34O2S8. The topological polar surface area (TPSA) is 34.1 Å². The molecule has 1 aromatic carbocycles. The molecule has 0 aliphatic carbocycles. The summed E-state index contributed by atoms with van der Waals surface area (Å²) in [6.45, 7) is 7.07. The summed E-state index contributed by atoms with van der Waals surface area (Å²) in [7, 11) is 0. The van der Waals surface area contributed by atoms with Crippen molar-refractivity contribution in [3.63, 3.8) is 0 Å². The van der Waals surface area contributed by atoms with Gasteiger partial charge in [-0.2, -0.15) is 23.5 Å². The molecule has 36 heavy (non-hydrogen) atoms. The highest BCUT2D eigenvalue weighted by Gasteiger charge is 2.26. The number of benzene rings is 1. The first-order valence-corrected chi connectivity index (χ1v) is 20.2. The van der Waals surface area contributed by atoms with E-state index in [1.807, 2.05) is 23.5 Å². The second-order valence-electron chi connectivity index (χ2n) is 8.21. The molecule has 198 valence electrons. The Balaban J connectivity index is 1.23. The quantitative estimate of drug-likeness (QED) is 0.166. The van der Waals surface area contributed by atoms with Crippen LogP contribution >= 0.6 is 94.1 Å². The highest BCUT2D eigenvalue weighted by molar-refractivity contribution is 8.22. The lowest BCUT2D eigenvalue weighted by molar-refractivity contribution is -0.107. The van der Waals surface area contributed by atoms with Gasteiger partial charge in [0.1, 0.15) is 0 Å². The first-order valence-electron chi connectivity index (χ1n) is 11.9. The molecule has 0 amide bonds. The van der Waals surface area contributed by atoms with Gasteiger partial charge in [0.25, 0.3) is 0 Å². The number of hydrogen-bond donors (Lipinski definition) is 0. The number of carbonyl (C=O) groups is 2. The molecule has 0 radical (unpaired) electrons. The van der Waals surface area contributed by atoms with Crippen LogP contribution < -0.4 is 0 Å². The Morgan fingerprint density at radius 3 is 1.58 bits per heavy atom. The molecule has 2 nitrogen and oxygen atoms in total. The Hall–Kier alpha value is 0.840. The van der Waals surface area contributed by atoms with Crippen molar-refractivity contribution < 1.29 is 9.59 Å². The fourth-order valence-electron chi connectivity index (χ4n) is 3.47. The van der Waals surface area contributed by atoms with Crippen molar-refractivity contribution in [1.82, 2.24) is 0 Å². The van der Waals surface area contributed by atoms with E-state index in [0.29, 0.717) is 19.7 Å². The van der Waals surface area contributed by atoms with E-state index in [0.717, 1.165) is 35.9 Å². The minimum absolute atomic E-state index is 0.0909. The summed E-state index contributed by atoms with van der Waals surface area (Å²) in [4.78, 5) is 22.7. The van der Waals surface area contributed by atoms with Gasteiger partial charge in [0.2, 0.25) is 10.2 Å². The van der Waals surface area contributed by atoms with Crippen molar-refractivity contribution in [2.45, 2.75) is 44.0 Å². The second-order valence-corrected chi connectivity index (χ2v) is 18.6.